The molecule has 2 aliphatic rings. The molecule has 1 N–H and O–H groups in total. The molecule has 2 unspecified atom stereocenters. The number of ketones is 1. The molecular weight excluding hydrogens is 325 g/mol. The Morgan fingerprint density at radius 1 is 1.33 bits per heavy atom. The number of halogens is 3. The summed E-state index contributed by atoms with van der Waals surface area (Å²) in [5, 5.41) is 2.90. The van der Waals surface area contributed by atoms with Crippen LogP contribution < -0.4 is 5.32 Å². The summed E-state index contributed by atoms with van der Waals surface area (Å²) in [6.07, 6.45) is -1.77. The van der Waals surface area contributed by atoms with E-state index in [1.807, 2.05) is 0 Å². The number of nitrogens with one attached hydrogen (secondary N) is 1. The van der Waals surface area contributed by atoms with Gasteiger partial charge in [-0.05, 0) is 30.5 Å². The first-order chi connectivity index (χ1) is 11.4. The molecule has 8 heteroatoms. The number of nitrogens with zero attached hydrogens (tertiary/aromatic N) is 1. The highest BCUT2D eigenvalue weighted by Crippen LogP contribution is 2.34. The molecule has 1 aromatic carbocycles. The maximum atomic E-state index is 13.5. The van der Waals surface area contributed by atoms with Crippen LogP contribution in [0.3, 0.4) is 0 Å². The van der Waals surface area contributed by atoms with Gasteiger partial charge in [0.1, 0.15) is 5.82 Å². The van der Waals surface area contributed by atoms with Crippen molar-refractivity contribution in [3.8, 4) is 0 Å². The second-order valence-corrected chi connectivity index (χ2v) is 5.97. The van der Waals surface area contributed by atoms with Gasteiger partial charge < -0.3 is 10.2 Å². The van der Waals surface area contributed by atoms with Gasteiger partial charge in [0, 0.05) is 30.3 Å². The first-order valence-corrected chi connectivity index (χ1v) is 7.56. The SMILES string of the molecule is O=CC(=O)C1CCC(N2Cc3c(cc(F)cc3C(F)F)C2=O)CN1. The van der Waals surface area contributed by atoms with E-state index in [9.17, 15) is 27.6 Å². The fourth-order valence-corrected chi connectivity index (χ4v) is 3.34. The van der Waals surface area contributed by atoms with E-state index in [0.29, 0.717) is 12.8 Å². The zero-order valence-electron chi connectivity index (χ0n) is 12.6. The summed E-state index contributed by atoms with van der Waals surface area (Å²) in [5.74, 6) is -1.90. The lowest BCUT2D eigenvalue weighted by molar-refractivity contribution is -0.131. The largest absolute Gasteiger partial charge is 0.330 e. The minimum absolute atomic E-state index is 0.00718. The highest BCUT2D eigenvalue weighted by atomic mass is 19.3. The molecule has 0 bridgehead atoms. The minimum atomic E-state index is -2.86. The number of benzene rings is 1. The summed E-state index contributed by atoms with van der Waals surface area (Å²) in [6.45, 7) is 0.267. The van der Waals surface area contributed by atoms with Crippen LogP contribution in [0.15, 0.2) is 12.1 Å². The number of piperidine rings is 1. The number of rotatable bonds is 4. The summed E-state index contributed by atoms with van der Waals surface area (Å²) in [5.41, 5.74) is -0.336. The van der Waals surface area contributed by atoms with Crippen molar-refractivity contribution in [3.63, 3.8) is 0 Å². The van der Waals surface area contributed by atoms with Gasteiger partial charge in [-0.3, -0.25) is 14.4 Å². The van der Waals surface area contributed by atoms with Crippen LogP contribution in [-0.4, -0.2) is 41.5 Å². The standard InChI is InChI=1S/C16H15F3N2O3/c17-8-3-10(15(18)19)12-6-21(16(24)11(12)4-8)9-1-2-13(20-5-9)14(23)7-22/h3-4,7,9,13,15,20H,1-2,5-6H2. The van der Waals surface area contributed by atoms with Gasteiger partial charge in [-0.2, -0.15) is 0 Å². The highest BCUT2D eigenvalue weighted by Gasteiger charge is 2.38. The van der Waals surface area contributed by atoms with Crippen LogP contribution in [0.25, 0.3) is 0 Å². The molecule has 2 heterocycles. The van der Waals surface area contributed by atoms with Gasteiger partial charge in [0.05, 0.1) is 6.04 Å². The van der Waals surface area contributed by atoms with Gasteiger partial charge in [0.2, 0.25) is 5.78 Å². The average molecular weight is 340 g/mol. The number of fused-ring (bicyclic) bond motifs is 1. The molecule has 1 fully saturated rings. The summed E-state index contributed by atoms with van der Waals surface area (Å²) in [7, 11) is 0. The summed E-state index contributed by atoms with van der Waals surface area (Å²) in [4.78, 5) is 35.8. The summed E-state index contributed by atoms with van der Waals surface area (Å²) < 4.78 is 39.7. The van der Waals surface area contributed by atoms with E-state index >= 15 is 0 Å². The second-order valence-electron chi connectivity index (χ2n) is 5.97. The van der Waals surface area contributed by atoms with Crippen molar-refractivity contribution in [2.75, 3.05) is 6.54 Å². The molecule has 0 radical (unpaired) electrons. The molecule has 1 saturated heterocycles. The highest BCUT2D eigenvalue weighted by molar-refractivity contribution is 6.27. The molecule has 0 saturated carbocycles. The molecule has 128 valence electrons. The molecule has 0 aromatic heterocycles. The Morgan fingerprint density at radius 3 is 2.67 bits per heavy atom. The van der Waals surface area contributed by atoms with Gasteiger partial charge in [-0.15, -0.1) is 0 Å². The van der Waals surface area contributed by atoms with Crippen molar-refractivity contribution in [1.29, 1.82) is 0 Å². The van der Waals surface area contributed by atoms with Crippen LogP contribution >= 0.6 is 0 Å². The summed E-state index contributed by atoms with van der Waals surface area (Å²) >= 11 is 0. The molecule has 2 aliphatic heterocycles. The van der Waals surface area contributed by atoms with Crippen LogP contribution in [0.2, 0.25) is 0 Å². The Bertz CT molecular complexity index is 700. The number of hydrogen-bond donors (Lipinski definition) is 1. The lowest BCUT2D eigenvalue weighted by Crippen LogP contribution is -2.52. The molecule has 0 spiro atoms. The monoisotopic (exact) mass is 340 g/mol. The lowest BCUT2D eigenvalue weighted by atomic mass is 9.97. The van der Waals surface area contributed by atoms with Crippen LogP contribution in [-0.2, 0) is 16.1 Å². The number of alkyl halides is 2. The van der Waals surface area contributed by atoms with Gasteiger partial charge in [0.25, 0.3) is 12.3 Å². The predicted octanol–water partition coefficient (Wildman–Crippen LogP) is 1.61. The quantitative estimate of drug-likeness (QED) is 0.668. The van der Waals surface area contributed by atoms with E-state index in [-0.39, 0.29) is 36.5 Å². The van der Waals surface area contributed by atoms with E-state index in [2.05, 4.69) is 5.32 Å². The average Bonchev–Trinajstić information content (AvgIpc) is 2.90. The topological polar surface area (TPSA) is 66.5 Å². The number of amides is 1. The molecule has 0 aliphatic carbocycles. The third-order valence-electron chi connectivity index (χ3n) is 4.59. The van der Waals surface area contributed by atoms with Crippen LogP contribution in [0.5, 0.6) is 0 Å². The number of Topliss-reactive ketones (excluding diaryl/α,β-unsaturated/α-hetero) is 1. The van der Waals surface area contributed by atoms with E-state index < -0.39 is 35.5 Å². The van der Waals surface area contributed by atoms with Crippen LogP contribution in [0.4, 0.5) is 13.2 Å². The zero-order valence-corrected chi connectivity index (χ0v) is 12.6. The zero-order chi connectivity index (χ0) is 17.4. The number of carbonyl (C=O) groups excluding carboxylic acids is 3. The Morgan fingerprint density at radius 2 is 2.08 bits per heavy atom. The smallest absolute Gasteiger partial charge is 0.264 e. The van der Waals surface area contributed by atoms with Crippen molar-refractivity contribution in [2.24, 2.45) is 0 Å². The van der Waals surface area contributed by atoms with E-state index in [1.165, 1.54) is 4.90 Å². The van der Waals surface area contributed by atoms with E-state index in [1.54, 1.807) is 0 Å². The summed E-state index contributed by atoms with van der Waals surface area (Å²) in [6, 6.07) is 0.874. The van der Waals surface area contributed by atoms with Crippen LogP contribution in [0.1, 0.15) is 40.8 Å². The number of aldehydes is 1. The Kier molecular flexibility index (Phi) is 4.40. The van der Waals surface area contributed by atoms with Crippen molar-refractivity contribution < 1.29 is 27.6 Å². The first-order valence-electron chi connectivity index (χ1n) is 7.56. The second kappa shape index (κ2) is 6.35. The van der Waals surface area contributed by atoms with E-state index in [0.717, 1.165) is 12.1 Å². The molecule has 1 aromatic rings. The molecule has 5 nitrogen and oxygen atoms in total. The minimum Gasteiger partial charge on any atom is -0.330 e. The molecule has 1 amide bonds. The lowest BCUT2D eigenvalue weighted by Gasteiger charge is -2.34. The molecular formula is C16H15F3N2O3. The maximum absolute atomic E-state index is 13.5. The van der Waals surface area contributed by atoms with Crippen molar-refractivity contribution >= 4 is 18.0 Å². The number of hydrogen-bond acceptors (Lipinski definition) is 4. The molecule has 2 atom stereocenters. The van der Waals surface area contributed by atoms with Gasteiger partial charge >= 0.3 is 0 Å². The van der Waals surface area contributed by atoms with E-state index in [4.69, 9.17) is 0 Å². The fraction of sp³-hybridized carbons (Fsp3) is 0.438. The van der Waals surface area contributed by atoms with Crippen molar-refractivity contribution in [2.45, 2.75) is 37.9 Å². The first kappa shape index (κ1) is 16.6. The fourth-order valence-electron chi connectivity index (χ4n) is 3.34. The third-order valence-corrected chi connectivity index (χ3v) is 4.59. The van der Waals surface area contributed by atoms with Gasteiger partial charge in [-0.1, -0.05) is 0 Å². The Hall–Kier alpha value is -2.22. The molecule has 3 rings (SSSR count). The molecule has 24 heavy (non-hydrogen) atoms. The van der Waals surface area contributed by atoms with Crippen molar-refractivity contribution in [3.05, 3.63) is 34.6 Å². The Labute approximate surface area is 135 Å². The maximum Gasteiger partial charge on any atom is 0.264 e. The van der Waals surface area contributed by atoms with Gasteiger partial charge in [0.15, 0.2) is 6.29 Å². The van der Waals surface area contributed by atoms with Crippen LogP contribution in [0, 0.1) is 5.82 Å². The Balaban J connectivity index is 1.79. The number of carbonyl (C=O) groups is 3. The van der Waals surface area contributed by atoms with Crippen molar-refractivity contribution in [1.82, 2.24) is 10.2 Å². The van der Waals surface area contributed by atoms with Gasteiger partial charge in [-0.25, -0.2) is 13.2 Å². The predicted molar refractivity (Wildman–Crippen MR) is 77.1 cm³/mol. The normalized spacial score (nSPS) is 23.5. The third kappa shape index (κ3) is 2.82.